The predicted molar refractivity (Wildman–Crippen MR) is 77.2 cm³/mol. The van der Waals surface area contributed by atoms with E-state index in [4.69, 9.17) is 81.2 Å². The Morgan fingerprint density at radius 1 is 0.611 bits per heavy atom. The van der Waals surface area contributed by atoms with Crippen molar-refractivity contribution in [1.82, 2.24) is 15.0 Å². The highest BCUT2D eigenvalue weighted by atomic mass is 35.6. The minimum absolute atomic E-state index is 0.00955. The van der Waals surface area contributed by atoms with Crippen molar-refractivity contribution in [3.63, 3.8) is 0 Å². The first kappa shape index (κ1) is 17.1. The van der Waals surface area contributed by atoms with E-state index in [2.05, 4.69) is 15.0 Å². The molecule has 0 atom stereocenters. The van der Waals surface area contributed by atoms with Crippen LogP contribution >= 0.6 is 81.2 Å². The van der Waals surface area contributed by atoms with Crippen LogP contribution in [0.4, 0.5) is 0 Å². The Bertz CT molecular complexity index is 364. The Hall–Kier alpha value is 1.04. The van der Waals surface area contributed by atoms with Gasteiger partial charge >= 0.3 is 0 Å². The first-order valence-electron chi connectivity index (χ1n) is 4.41. The maximum absolute atomic E-state index is 5.90. The van der Waals surface area contributed by atoms with Crippen LogP contribution in [0.3, 0.4) is 0 Å². The molecule has 0 radical (unpaired) electrons. The quantitative estimate of drug-likeness (QED) is 0.665. The van der Waals surface area contributed by atoms with Crippen molar-refractivity contribution in [2.45, 2.75) is 26.3 Å². The molecule has 1 rings (SSSR count). The maximum atomic E-state index is 5.90. The fraction of sp³-hybridized carbons (Fsp3) is 0.625. The molecule has 0 aromatic carbocycles. The van der Waals surface area contributed by atoms with Crippen LogP contribution < -0.4 is 0 Å². The summed E-state index contributed by atoms with van der Waals surface area (Å²) < 4.78 is -4.67. The van der Waals surface area contributed by atoms with E-state index in [1.807, 2.05) is 0 Å². The van der Waals surface area contributed by atoms with E-state index in [-0.39, 0.29) is 17.5 Å². The second kappa shape index (κ2) is 5.44. The van der Waals surface area contributed by atoms with E-state index in [1.54, 1.807) is 0 Å². The lowest BCUT2D eigenvalue weighted by atomic mass is 10.3. The van der Waals surface area contributed by atoms with Gasteiger partial charge in [0.15, 0.2) is 26.1 Å². The molecular formula is C8H6Cl7N3. The molecule has 0 aliphatic rings. The zero-order chi connectivity index (χ0) is 14.4. The zero-order valence-electron chi connectivity index (χ0n) is 8.99. The van der Waals surface area contributed by atoms with Gasteiger partial charge in [0, 0.05) is 0 Å². The molecule has 0 N–H and O–H groups in total. The van der Waals surface area contributed by atoms with Gasteiger partial charge in [0.2, 0.25) is 3.79 Å². The van der Waals surface area contributed by atoms with Gasteiger partial charge in [0.25, 0.3) is 0 Å². The fourth-order valence-corrected chi connectivity index (χ4v) is 1.49. The van der Waals surface area contributed by atoms with E-state index in [0.717, 1.165) is 0 Å². The molecule has 1 aromatic rings. The minimum atomic E-state index is -1.87. The predicted octanol–water partition coefficient (Wildman–Crippen LogP) is 5.00. The lowest BCUT2D eigenvalue weighted by Gasteiger charge is -2.19. The third kappa shape index (κ3) is 4.55. The van der Waals surface area contributed by atoms with E-state index >= 15 is 0 Å². The van der Waals surface area contributed by atoms with E-state index in [0.29, 0.717) is 0 Å². The Morgan fingerprint density at radius 2 is 0.889 bits per heavy atom. The Balaban J connectivity index is 3.49. The number of aromatic nitrogens is 3. The standard InChI is InChI=1S/C8H6Cl7N3/c1-6(9,10)3-16-4(7(2,11)12)18-5(17-3)8(13,14)15/h1-2H3. The molecule has 0 bridgehead atoms. The smallest absolute Gasteiger partial charge is 0.211 e. The highest BCUT2D eigenvalue weighted by Gasteiger charge is 2.35. The van der Waals surface area contributed by atoms with Crippen molar-refractivity contribution in [3.8, 4) is 0 Å². The lowest BCUT2D eigenvalue weighted by Crippen LogP contribution is -2.22. The average molecular weight is 392 g/mol. The molecule has 0 saturated heterocycles. The molecule has 0 aliphatic heterocycles. The molecule has 0 unspecified atom stereocenters. The van der Waals surface area contributed by atoms with Crippen LogP contribution in [-0.4, -0.2) is 15.0 Å². The largest absolute Gasteiger partial charge is 0.250 e. The third-order valence-electron chi connectivity index (χ3n) is 1.67. The molecule has 1 aromatic heterocycles. The van der Waals surface area contributed by atoms with Gasteiger partial charge < -0.3 is 0 Å². The Kier molecular flexibility index (Phi) is 5.16. The Labute approximate surface area is 139 Å². The summed E-state index contributed by atoms with van der Waals surface area (Å²) >= 11 is 40.7. The summed E-state index contributed by atoms with van der Waals surface area (Å²) in [6, 6.07) is 0. The molecule has 18 heavy (non-hydrogen) atoms. The first-order valence-corrected chi connectivity index (χ1v) is 7.06. The lowest BCUT2D eigenvalue weighted by molar-refractivity contribution is 0.715. The van der Waals surface area contributed by atoms with Crippen molar-refractivity contribution < 1.29 is 0 Å². The van der Waals surface area contributed by atoms with Gasteiger partial charge in [-0.2, -0.15) is 0 Å². The SMILES string of the molecule is CC(Cl)(Cl)c1nc(C(C)(Cl)Cl)nc(C(Cl)(Cl)Cl)n1. The summed E-state index contributed by atoms with van der Waals surface area (Å²) in [7, 11) is 0. The summed E-state index contributed by atoms with van der Waals surface area (Å²) in [5.74, 6) is -0.179. The van der Waals surface area contributed by atoms with Crippen LogP contribution in [-0.2, 0) is 12.5 Å². The van der Waals surface area contributed by atoms with Gasteiger partial charge in [-0.3, -0.25) is 0 Å². The van der Waals surface area contributed by atoms with Crippen LogP contribution in [0.2, 0.25) is 0 Å². The molecule has 3 nitrogen and oxygen atoms in total. The van der Waals surface area contributed by atoms with Crippen molar-refractivity contribution in [2.24, 2.45) is 0 Å². The summed E-state index contributed by atoms with van der Waals surface area (Å²) in [6.07, 6.45) is 0. The molecule has 102 valence electrons. The highest BCUT2D eigenvalue weighted by Crippen LogP contribution is 2.40. The van der Waals surface area contributed by atoms with Crippen LogP contribution in [0, 0.1) is 0 Å². The van der Waals surface area contributed by atoms with Crippen LogP contribution in [0.5, 0.6) is 0 Å². The van der Waals surface area contributed by atoms with Gasteiger partial charge in [0.1, 0.15) is 0 Å². The fourth-order valence-electron chi connectivity index (χ4n) is 0.895. The first-order chi connectivity index (χ1) is 7.82. The highest BCUT2D eigenvalue weighted by molar-refractivity contribution is 6.66. The van der Waals surface area contributed by atoms with Gasteiger partial charge in [-0.05, 0) is 13.8 Å². The second-order valence-electron chi connectivity index (χ2n) is 3.58. The van der Waals surface area contributed by atoms with Gasteiger partial charge in [0.05, 0.1) is 0 Å². The number of hydrogen-bond donors (Lipinski definition) is 0. The molecule has 0 aliphatic carbocycles. The van der Waals surface area contributed by atoms with Gasteiger partial charge in [-0.15, -0.1) is 0 Å². The minimum Gasteiger partial charge on any atom is -0.211 e. The van der Waals surface area contributed by atoms with E-state index in [1.165, 1.54) is 13.8 Å². The number of rotatable bonds is 2. The van der Waals surface area contributed by atoms with Crippen molar-refractivity contribution in [2.75, 3.05) is 0 Å². The van der Waals surface area contributed by atoms with Crippen LogP contribution in [0.1, 0.15) is 31.3 Å². The molecular weight excluding hydrogens is 386 g/mol. The zero-order valence-corrected chi connectivity index (χ0v) is 14.3. The normalized spacial score (nSPS) is 13.8. The summed E-state index contributed by atoms with van der Waals surface area (Å²) in [5.41, 5.74) is 0. The van der Waals surface area contributed by atoms with E-state index in [9.17, 15) is 0 Å². The van der Waals surface area contributed by atoms with Crippen molar-refractivity contribution >= 4 is 81.2 Å². The molecule has 0 spiro atoms. The third-order valence-corrected chi connectivity index (χ3v) is 2.86. The molecule has 1 heterocycles. The summed E-state index contributed by atoms with van der Waals surface area (Å²) in [6.45, 7) is 2.91. The maximum Gasteiger partial charge on any atom is 0.250 e. The number of nitrogens with zero attached hydrogens (tertiary/aromatic N) is 3. The Morgan fingerprint density at radius 3 is 1.11 bits per heavy atom. The molecule has 0 amide bonds. The van der Waals surface area contributed by atoms with E-state index < -0.39 is 12.5 Å². The topological polar surface area (TPSA) is 38.7 Å². The van der Waals surface area contributed by atoms with Crippen molar-refractivity contribution in [3.05, 3.63) is 17.5 Å². The number of halogens is 7. The number of hydrogen-bond acceptors (Lipinski definition) is 3. The number of alkyl halides is 7. The average Bonchev–Trinajstić information content (AvgIpc) is 2.13. The molecule has 10 heteroatoms. The monoisotopic (exact) mass is 389 g/mol. The summed E-state index contributed by atoms with van der Waals surface area (Å²) in [5, 5.41) is 0. The molecule has 0 fully saturated rings. The van der Waals surface area contributed by atoms with Crippen molar-refractivity contribution in [1.29, 1.82) is 0 Å². The molecule has 0 saturated carbocycles. The van der Waals surface area contributed by atoms with Crippen LogP contribution in [0.25, 0.3) is 0 Å². The van der Waals surface area contributed by atoms with Gasteiger partial charge in [-0.25, -0.2) is 15.0 Å². The summed E-state index contributed by atoms with van der Waals surface area (Å²) in [4.78, 5) is 11.7. The van der Waals surface area contributed by atoms with Gasteiger partial charge in [-0.1, -0.05) is 81.2 Å². The second-order valence-corrected chi connectivity index (χ2v) is 9.27. The van der Waals surface area contributed by atoms with Crippen LogP contribution in [0.15, 0.2) is 0 Å².